The van der Waals surface area contributed by atoms with E-state index in [1.54, 1.807) is 0 Å². The van der Waals surface area contributed by atoms with Crippen LogP contribution in [0.4, 0.5) is 0 Å². The molecule has 0 aliphatic heterocycles. The molecule has 0 heterocycles. The zero-order valence-corrected chi connectivity index (χ0v) is 9.61. The minimum Gasteiger partial charge on any atom is -0.459 e. The van der Waals surface area contributed by atoms with Gasteiger partial charge in [-0.1, -0.05) is 28.1 Å². The van der Waals surface area contributed by atoms with Gasteiger partial charge in [0, 0.05) is 11.0 Å². The van der Waals surface area contributed by atoms with Crippen molar-refractivity contribution in [3.63, 3.8) is 0 Å². The minimum absolute atomic E-state index is 0.128. The van der Waals surface area contributed by atoms with Gasteiger partial charge in [0.2, 0.25) is 0 Å². The first kappa shape index (κ1) is 12.2. The van der Waals surface area contributed by atoms with Gasteiger partial charge in [0.1, 0.15) is 6.61 Å². The molecule has 1 aromatic carbocycles. The van der Waals surface area contributed by atoms with Gasteiger partial charge in [0.15, 0.2) is 6.10 Å². The highest BCUT2D eigenvalue weighted by molar-refractivity contribution is 9.10. The molecule has 0 amide bonds. The smallest absolute Gasteiger partial charge is 0.336 e. The van der Waals surface area contributed by atoms with E-state index in [1.807, 2.05) is 24.3 Å². The van der Waals surface area contributed by atoms with E-state index < -0.39 is 12.1 Å². The third-order valence-corrected chi connectivity index (χ3v) is 2.26. The van der Waals surface area contributed by atoms with E-state index in [1.165, 1.54) is 0 Å². The molecule has 1 atom stereocenters. The summed E-state index contributed by atoms with van der Waals surface area (Å²) in [4.78, 5) is 11.1. The second kappa shape index (κ2) is 5.85. The first-order chi connectivity index (χ1) is 7.13. The number of nitrogens with two attached hydrogens (primary N) is 1. The van der Waals surface area contributed by atoms with Crippen LogP contribution >= 0.6 is 15.9 Å². The van der Waals surface area contributed by atoms with Crippen molar-refractivity contribution in [2.24, 2.45) is 5.73 Å². The summed E-state index contributed by atoms with van der Waals surface area (Å²) in [6, 6.07) is 7.38. The summed E-state index contributed by atoms with van der Waals surface area (Å²) in [5, 5.41) is 9.05. The van der Waals surface area contributed by atoms with Crippen LogP contribution < -0.4 is 5.73 Å². The standard InChI is InChI=1S/C10H12BrNO3/c11-8-3-1-2-7(4-8)6-15-10(14)9(13)5-12/h1-4,9,13H,5-6,12H2. The third-order valence-electron chi connectivity index (χ3n) is 1.77. The van der Waals surface area contributed by atoms with Crippen molar-refractivity contribution < 1.29 is 14.6 Å². The van der Waals surface area contributed by atoms with Gasteiger partial charge >= 0.3 is 5.97 Å². The lowest BCUT2D eigenvalue weighted by atomic mass is 10.2. The highest BCUT2D eigenvalue weighted by Crippen LogP contribution is 2.12. The summed E-state index contributed by atoms with van der Waals surface area (Å²) in [5.74, 6) is -0.697. The molecule has 15 heavy (non-hydrogen) atoms. The van der Waals surface area contributed by atoms with Gasteiger partial charge in [-0.25, -0.2) is 4.79 Å². The van der Waals surface area contributed by atoms with Crippen LogP contribution in [0.2, 0.25) is 0 Å². The minimum atomic E-state index is -1.24. The molecule has 0 saturated heterocycles. The zero-order valence-electron chi connectivity index (χ0n) is 8.02. The van der Waals surface area contributed by atoms with E-state index in [2.05, 4.69) is 15.9 Å². The molecule has 0 spiro atoms. The van der Waals surface area contributed by atoms with Crippen LogP contribution in [0.25, 0.3) is 0 Å². The topological polar surface area (TPSA) is 72.5 Å². The number of hydrogen-bond acceptors (Lipinski definition) is 4. The number of benzene rings is 1. The molecule has 0 aliphatic carbocycles. The molecule has 0 saturated carbocycles. The Morgan fingerprint density at radius 3 is 2.93 bits per heavy atom. The van der Waals surface area contributed by atoms with Crippen LogP contribution in [-0.2, 0) is 16.1 Å². The Bertz CT molecular complexity index is 343. The van der Waals surface area contributed by atoms with Crippen LogP contribution in [0.3, 0.4) is 0 Å². The summed E-state index contributed by atoms with van der Waals surface area (Å²) >= 11 is 3.30. The van der Waals surface area contributed by atoms with E-state index in [9.17, 15) is 4.79 Å². The van der Waals surface area contributed by atoms with Crippen molar-refractivity contribution in [2.75, 3.05) is 6.54 Å². The Balaban J connectivity index is 2.47. The van der Waals surface area contributed by atoms with Gasteiger partial charge in [-0.05, 0) is 17.7 Å². The lowest BCUT2D eigenvalue weighted by Gasteiger charge is -2.08. The lowest BCUT2D eigenvalue weighted by Crippen LogP contribution is -2.30. The van der Waals surface area contributed by atoms with Crippen molar-refractivity contribution in [3.8, 4) is 0 Å². The predicted molar refractivity (Wildman–Crippen MR) is 59.0 cm³/mol. The predicted octanol–water partition coefficient (Wildman–Crippen LogP) is 0.812. The summed E-state index contributed by atoms with van der Waals surface area (Å²) in [6.07, 6.45) is -1.24. The van der Waals surface area contributed by atoms with Crippen molar-refractivity contribution in [3.05, 3.63) is 34.3 Å². The van der Waals surface area contributed by atoms with Crippen LogP contribution in [0, 0.1) is 0 Å². The van der Waals surface area contributed by atoms with E-state index in [-0.39, 0.29) is 13.2 Å². The van der Waals surface area contributed by atoms with Gasteiger partial charge in [-0.3, -0.25) is 0 Å². The van der Waals surface area contributed by atoms with Crippen molar-refractivity contribution >= 4 is 21.9 Å². The molecule has 0 aliphatic rings. The van der Waals surface area contributed by atoms with Crippen LogP contribution in [0.1, 0.15) is 5.56 Å². The highest BCUT2D eigenvalue weighted by atomic mass is 79.9. The summed E-state index contributed by atoms with van der Waals surface area (Å²) in [5.41, 5.74) is 5.96. The average Bonchev–Trinajstić information content (AvgIpc) is 2.25. The second-order valence-corrected chi connectivity index (χ2v) is 3.90. The number of aliphatic hydroxyl groups is 1. The van der Waals surface area contributed by atoms with Crippen molar-refractivity contribution in [1.29, 1.82) is 0 Å². The Morgan fingerprint density at radius 2 is 2.33 bits per heavy atom. The average molecular weight is 274 g/mol. The molecule has 1 aromatic rings. The number of carbonyl (C=O) groups is 1. The molecule has 3 N–H and O–H groups in total. The monoisotopic (exact) mass is 273 g/mol. The van der Waals surface area contributed by atoms with Gasteiger partial charge in [-0.15, -0.1) is 0 Å². The molecule has 0 bridgehead atoms. The molecular weight excluding hydrogens is 262 g/mol. The summed E-state index contributed by atoms with van der Waals surface area (Å²) < 4.78 is 5.76. The maximum absolute atomic E-state index is 11.1. The number of carbonyl (C=O) groups excluding carboxylic acids is 1. The lowest BCUT2D eigenvalue weighted by molar-refractivity contribution is -0.154. The fourth-order valence-corrected chi connectivity index (χ4v) is 1.42. The molecule has 0 aromatic heterocycles. The maximum atomic E-state index is 11.1. The van der Waals surface area contributed by atoms with Gasteiger partial charge in [0.25, 0.3) is 0 Å². The maximum Gasteiger partial charge on any atom is 0.336 e. The Kier molecular flexibility index (Phi) is 4.74. The van der Waals surface area contributed by atoms with Crippen LogP contribution in [0.15, 0.2) is 28.7 Å². The number of hydrogen-bond donors (Lipinski definition) is 2. The van der Waals surface area contributed by atoms with E-state index in [4.69, 9.17) is 15.6 Å². The Labute approximate surface area is 96.2 Å². The number of ether oxygens (including phenoxy) is 1. The first-order valence-electron chi connectivity index (χ1n) is 4.42. The van der Waals surface area contributed by atoms with E-state index in [0.717, 1.165) is 10.0 Å². The molecule has 1 rings (SSSR count). The fourth-order valence-electron chi connectivity index (χ4n) is 0.974. The number of aliphatic hydroxyl groups excluding tert-OH is 1. The normalized spacial score (nSPS) is 12.2. The van der Waals surface area contributed by atoms with Gasteiger partial charge in [-0.2, -0.15) is 0 Å². The molecule has 5 heteroatoms. The Hall–Kier alpha value is -0.910. The SMILES string of the molecule is NCC(O)C(=O)OCc1cccc(Br)c1. The molecule has 0 fully saturated rings. The summed E-state index contributed by atoms with van der Waals surface area (Å²) in [7, 11) is 0. The van der Waals surface area contributed by atoms with E-state index >= 15 is 0 Å². The van der Waals surface area contributed by atoms with E-state index in [0.29, 0.717) is 0 Å². The zero-order chi connectivity index (χ0) is 11.3. The fraction of sp³-hybridized carbons (Fsp3) is 0.300. The van der Waals surface area contributed by atoms with Crippen molar-refractivity contribution in [1.82, 2.24) is 0 Å². The number of esters is 1. The molecule has 1 unspecified atom stereocenters. The van der Waals surface area contributed by atoms with Gasteiger partial charge < -0.3 is 15.6 Å². The summed E-state index contributed by atoms with van der Waals surface area (Å²) in [6.45, 7) is 0.00660. The highest BCUT2D eigenvalue weighted by Gasteiger charge is 2.13. The third kappa shape index (κ3) is 3.99. The van der Waals surface area contributed by atoms with Gasteiger partial charge in [0.05, 0.1) is 0 Å². The molecular formula is C10H12BrNO3. The quantitative estimate of drug-likeness (QED) is 0.797. The first-order valence-corrected chi connectivity index (χ1v) is 5.22. The molecule has 0 radical (unpaired) electrons. The largest absolute Gasteiger partial charge is 0.459 e. The van der Waals surface area contributed by atoms with Crippen LogP contribution in [-0.4, -0.2) is 23.7 Å². The number of rotatable bonds is 4. The van der Waals surface area contributed by atoms with Crippen LogP contribution in [0.5, 0.6) is 0 Å². The van der Waals surface area contributed by atoms with Crippen molar-refractivity contribution in [2.45, 2.75) is 12.7 Å². The molecule has 4 nitrogen and oxygen atoms in total. The molecule has 82 valence electrons. The second-order valence-electron chi connectivity index (χ2n) is 2.99. The number of halogens is 1. The Morgan fingerprint density at radius 1 is 1.60 bits per heavy atom.